The number of nitrogens with zero attached hydrogens (tertiary/aromatic N) is 3. The lowest BCUT2D eigenvalue weighted by Crippen LogP contribution is -2.53. The van der Waals surface area contributed by atoms with Gasteiger partial charge in [-0.05, 0) is 31.6 Å². The molecule has 0 unspecified atom stereocenters. The van der Waals surface area contributed by atoms with Crippen molar-refractivity contribution < 1.29 is 13.2 Å². The minimum atomic E-state index is -3.62. The maximum Gasteiger partial charge on any atom is 0.276 e. The SMILES string of the molecule is NS(=O)(=O)N1CCC(C(=O)N2CCN(CC3CCCCC3)CC2)CC1. The van der Waals surface area contributed by atoms with Crippen molar-refractivity contribution in [2.24, 2.45) is 17.0 Å². The average Bonchev–Trinajstić information content (AvgIpc) is 2.62. The fraction of sp³-hybridized carbons (Fsp3) is 0.941. The van der Waals surface area contributed by atoms with E-state index >= 15 is 0 Å². The quantitative estimate of drug-likeness (QED) is 0.784. The van der Waals surface area contributed by atoms with E-state index in [4.69, 9.17) is 5.14 Å². The van der Waals surface area contributed by atoms with Crippen LogP contribution >= 0.6 is 0 Å². The Morgan fingerprint density at radius 1 is 0.880 bits per heavy atom. The molecule has 0 atom stereocenters. The van der Waals surface area contributed by atoms with E-state index in [1.807, 2.05) is 4.90 Å². The second-order valence-corrected chi connectivity index (χ2v) is 9.39. The average molecular weight is 373 g/mol. The summed E-state index contributed by atoms with van der Waals surface area (Å²) in [6.07, 6.45) is 8.03. The molecule has 1 amide bonds. The van der Waals surface area contributed by atoms with Crippen molar-refractivity contribution in [2.45, 2.75) is 44.9 Å². The molecular weight excluding hydrogens is 340 g/mol. The number of nitrogens with two attached hydrogens (primary N) is 1. The van der Waals surface area contributed by atoms with E-state index in [1.54, 1.807) is 0 Å². The molecule has 0 aromatic rings. The highest BCUT2D eigenvalue weighted by Gasteiger charge is 2.33. The van der Waals surface area contributed by atoms with Crippen LogP contribution in [0, 0.1) is 11.8 Å². The zero-order valence-electron chi connectivity index (χ0n) is 15.1. The van der Waals surface area contributed by atoms with Gasteiger partial charge in [0.05, 0.1) is 0 Å². The van der Waals surface area contributed by atoms with E-state index in [-0.39, 0.29) is 11.8 Å². The third-order valence-electron chi connectivity index (χ3n) is 6.09. The Morgan fingerprint density at radius 2 is 1.48 bits per heavy atom. The molecule has 3 fully saturated rings. The summed E-state index contributed by atoms with van der Waals surface area (Å²) >= 11 is 0. The summed E-state index contributed by atoms with van der Waals surface area (Å²) < 4.78 is 24.0. The lowest BCUT2D eigenvalue weighted by Gasteiger charge is -2.39. The van der Waals surface area contributed by atoms with Gasteiger partial charge in [-0.1, -0.05) is 19.3 Å². The molecule has 0 bridgehead atoms. The summed E-state index contributed by atoms with van der Waals surface area (Å²) in [6, 6.07) is 0. The number of hydrogen-bond acceptors (Lipinski definition) is 4. The number of amides is 1. The third kappa shape index (κ3) is 5.15. The molecule has 144 valence electrons. The summed E-state index contributed by atoms with van der Waals surface area (Å²) in [5.74, 6) is 0.993. The Hall–Kier alpha value is -0.700. The summed E-state index contributed by atoms with van der Waals surface area (Å²) in [7, 11) is -3.62. The number of carbonyl (C=O) groups is 1. The predicted molar refractivity (Wildman–Crippen MR) is 97.0 cm³/mol. The molecule has 2 N–H and O–H groups in total. The highest BCUT2D eigenvalue weighted by molar-refractivity contribution is 7.86. The maximum absolute atomic E-state index is 12.7. The van der Waals surface area contributed by atoms with Crippen LogP contribution in [0.3, 0.4) is 0 Å². The summed E-state index contributed by atoms with van der Waals surface area (Å²) in [4.78, 5) is 17.2. The Bertz CT molecular complexity index is 546. The van der Waals surface area contributed by atoms with Gasteiger partial charge in [0, 0.05) is 51.7 Å². The van der Waals surface area contributed by atoms with E-state index in [0.29, 0.717) is 25.9 Å². The van der Waals surface area contributed by atoms with E-state index in [9.17, 15) is 13.2 Å². The van der Waals surface area contributed by atoms with Crippen molar-refractivity contribution in [3.05, 3.63) is 0 Å². The summed E-state index contributed by atoms with van der Waals surface area (Å²) in [6.45, 7) is 5.46. The second-order valence-electron chi connectivity index (χ2n) is 7.85. The molecule has 0 aromatic heterocycles. The van der Waals surface area contributed by atoms with Crippen LogP contribution in [0.25, 0.3) is 0 Å². The van der Waals surface area contributed by atoms with Crippen molar-refractivity contribution >= 4 is 16.1 Å². The van der Waals surface area contributed by atoms with Crippen LogP contribution in [0.2, 0.25) is 0 Å². The van der Waals surface area contributed by atoms with Crippen molar-refractivity contribution in [1.82, 2.24) is 14.1 Å². The van der Waals surface area contributed by atoms with Gasteiger partial charge >= 0.3 is 0 Å². The minimum Gasteiger partial charge on any atom is -0.340 e. The van der Waals surface area contributed by atoms with Crippen LogP contribution in [0.5, 0.6) is 0 Å². The predicted octanol–water partition coefficient (Wildman–Crippen LogP) is 0.626. The fourth-order valence-corrected chi connectivity index (χ4v) is 5.22. The smallest absolute Gasteiger partial charge is 0.276 e. The number of piperazine rings is 1. The fourth-order valence-electron chi connectivity index (χ4n) is 4.50. The van der Waals surface area contributed by atoms with Crippen molar-refractivity contribution in [1.29, 1.82) is 0 Å². The third-order valence-corrected chi connectivity index (χ3v) is 7.17. The van der Waals surface area contributed by atoms with E-state index in [2.05, 4.69) is 4.90 Å². The molecule has 1 saturated carbocycles. The first-order valence-electron chi connectivity index (χ1n) is 9.72. The Balaban J connectivity index is 1.41. The summed E-state index contributed by atoms with van der Waals surface area (Å²) in [5, 5.41) is 5.16. The van der Waals surface area contributed by atoms with Gasteiger partial charge < -0.3 is 4.90 Å². The molecule has 7 nitrogen and oxygen atoms in total. The molecular formula is C17H32N4O3S. The lowest BCUT2D eigenvalue weighted by molar-refractivity contribution is -0.138. The van der Waals surface area contributed by atoms with Gasteiger partial charge in [-0.3, -0.25) is 9.69 Å². The van der Waals surface area contributed by atoms with E-state index < -0.39 is 10.2 Å². The first-order chi connectivity index (χ1) is 11.9. The van der Waals surface area contributed by atoms with Gasteiger partial charge in [0.25, 0.3) is 10.2 Å². The molecule has 0 spiro atoms. The van der Waals surface area contributed by atoms with Crippen molar-refractivity contribution in [3.63, 3.8) is 0 Å². The van der Waals surface area contributed by atoms with Gasteiger partial charge in [0.2, 0.25) is 5.91 Å². The molecule has 8 heteroatoms. The van der Waals surface area contributed by atoms with Gasteiger partial charge in [0.15, 0.2) is 0 Å². The normalized spacial score (nSPS) is 26.0. The molecule has 3 aliphatic rings. The van der Waals surface area contributed by atoms with Crippen LogP contribution in [0.1, 0.15) is 44.9 Å². The zero-order valence-corrected chi connectivity index (χ0v) is 15.9. The van der Waals surface area contributed by atoms with Gasteiger partial charge in [0.1, 0.15) is 0 Å². The van der Waals surface area contributed by atoms with Crippen LogP contribution in [-0.4, -0.2) is 74.2 Å². The molecule has 0 radical (unpaired) electrons. The molecule has 1 aliphatic carbocycles. The minimum absolute atomic E-state index is 0.0529. The standard InChI is InChI=1S/C17H32N4O3S/c18-25(23,24)21-8-6-16(7-9-21)17(22)20-12-10-19(11-13-20)14-15-4-2-1-3-5-15/h15-16H,1-14H2,(H2,18,23,24). The maximum atomic E-state index is 12.7. The monoisotopic (exact) mass is 372 g/mol. The van der Waals surface area contributed by atoms with Gasteiger partial charge in [-0.25, -0.2) is 5.14 Å². The van der Waals surface area contributed by atoms with E-state index in [1.165, 1.54) is 43.0 Å². The lowest BCUT2D eigenvalue weighted by atomic mass is 9.89. The molecule has 2 aliphatic heterocycles. The van der Waals surface area contributed by atoms with E-state index in [0.717, 1.165) is 32.1 Å². The largest absolute Gasteiger partial charge is 0.340 e. The molecule has 0 aromatic carbocycles. The van der Waals surface area contributed by atoms with Crippen LogP contribution in [0.15, 0.2) is 0 Å². The van der Waals surface area contributed by atoms with Gasteiger partial charge in [-0.15, -0.1) is 0 Å². The number of rotatable bonds is 4. The molecule has 2 saturated heterocycles. The summed E-state index contributed by atoms with van der Waals surface area (Å²) in [5.41, 5.74) is 0. The van der Waals surface area contributed by atoms with Gasteiger partial charge in [-0.2, -0.15) is 12.7 Å². The molecule has 3 rings (SSSR count). The number of piperidine rings is 1. The zero-order chi connectivity index (χ0) is 17.9. The number of carbonyl (C=O) groups excluding carboxylic acids is 1. The Morgan fingerprint density at radius 3 is 2.04 bits per heavy atom. The first kappa shape index (κ1) is 19.1. The van der Waals surface area contributed by atoms with Crippen molar-refractivity contribution in [3.8, 4) is 0 Å². The van der Waals surface area contributed by atoms with Crippen LogP contribution in [-0.2, 0) is 15.0 Å². The number of hydrogen-bond donors (Lipinski definition) is 1. The Labute approximate surface area is 151 Å². The second kappa shape index (κ2) is 8.33. The Kier molecular flexibility index (Phi) is 6.35. The van der Waals surface area contributed by atoms with Crippen LogP contribution in [0.4, 0.5) is 0 Å². The van der Waals surface area contributed by atoms with Crippen LogP contribution < -0.4 is 5.14 Å². The highest BCUT2D eigenvalue weighted by atomic mass is 32.2. The first-order valence-corrected chi connectivity index (χ1v) is 11.2. The van der Waals surface area contributed by atoms with Crippen molar-refractivity contribution in [2.75, 3.05) is 45.8 Å². The topological polar surface area (TPSA) is 86.9 Å². The molecule has 25 heavy (non-hydrogen) atoms. The molecule has 2 heterocycles. The highest BCUT2D eigenvalue weighted by Crippen LogP contribution is 2.25.